The van der Waals surface area contributed by atoms with Crippen molar-refractivity contribution in [3.05, 3.63) is 0 Å². The second-order valence-electron chi connectivity index (χ2n) is 4.99. The number of rotatable bonds is 7. The highest BCUT2D eigenvalue weighted by Gasteiger charge is 2.39. The molecule has 2 unspecified atom stereocenters. The third-order valence-electron chi connectivity index (χ3n) is 3.76. The van der Waals surface area contributed by atoms with Crippen molar-refractivity contribution in [3.8, 4) is 0 Å². The van der Waals surface area contributed by atoms with E-state index < -0.39 is 5.54 Å². The maximum atomic E-state index is 11.6. The van der Waals surface area contributed by atoms with Gasteiger partial charge in [0.15, 0.2) is 0 Å². The summed E-state index contributed by atoms with van der Waals surface area (Å²) < 4.78 is 0. The Morgan fingerprint density at radius 3 is 2.88 bits per heavy atom. The van der Waals surface area contributed by atoms with E-state index in [2.05, 4.69) is 12.2 Å². The van der Waals surface area contributed by atoms with E-state index in [0.29, 0.717) is 5.25 Å². The number of amides is 1. The molecule has 0 aromatic heterocycles. The molecule has 2 atom stereocenters. The molecule has 1 aliphatic rings. The monoisotopic (exact) mass is 258 g/mol. The molecule has 0 aromatic rings. The lowest BCUT2D eigenvalue weighted by Gasteiger charge is -2.38. The van der Waals surface area contributed by atoms with E-state index in [0.717, 1.165) is 19.3 Å². The summed E-state index contributed by atoms with van der Waals surface area (Å²) in [5.74, 6) is 1.04. The van der Waals surface area contributed by atoms with Crippen molar-refractivity contribution in [1.82, 2.24) is 5.32 Å². The van der Waals surface area contributed by atoms with Crippen LogP contribution >= 0.6 is 11.8 Å². The third-order valence-corrected chi connectivity index (χ3v) is 5.16. The number of unbranched alkanes of at least 4 members (excludes halogenated alkanes) is 2. The standard InChI is InChI=1S/C13H26N2OS/c1-3-4-5-9-17-11-7-6-8-13(10-11,15-2)12(14)16/h11,15H,3-10H2,1-2H3,(H2,14,16). The number of nitrogens with two attached hydrogens (primary N) is 1. The van der Waals surface area contributed by atoms with Crippen molar-refractivity contribution in [1.29, 1.82) is 0 Å². The van der Waals surface area contributed by atoms with Crippen LogP contribution in [0.2, 0.25) is 0 Å². The third kappa shape index (κ3) is 4.18. The predicted octanol–water partition coefficient (Wildman–Crippen LogP) is 2.30. The van der Waals surface area contributed by atoms with Gasteiger partial charge in [-0.2, -0.15) is 11.8 Å². The van der Waals surface area contributed by atoms with E-state index in [9.17, 15) is 4.79 Å². The van der Waals surface area contributed by atoms with Crippen molar-refractivity contribution in [2.24, 2.45) is 5.73 Å². The van der Waals surface area contributed by atoms with Crippen LogP contribution < -0.4 is 11.1 Å². The van der Waals surface area contributed by atoms with E-state index in [1.807, 2.05) is 18.8 Å². The SMILES string of the molecule is CCCCCSC1CCCC(NC)(C(N)=O)C1. The lowest BCUT2D eigenvalue weighted by atomic mass is 9.81. The van der Waals surface area contributed by atoms with Gasteiger partial charge >= 0.3 is 0 Å². The number of carbonyl (C=O) groups is 1. The fraction of sp³-hybridized carbons (Fsp3) is 0.923. The van der Waals surface area contributed by atoms with Crippen molar-refractivity contribution in [2.75, 3.05) is 12.8 Å². The fourth-order valence-electron chi connectivity index (χ4n) is 2.54. The molecule has 1 aliphatic carbocycles. The van der Waals surface area contributed by atoms with Crippen LogP contribution in [0.4, 0.5) is 0 Å². The maximum Gasteiger partial charge on any atom is 0.237 e. The first-order chi connectivity index (χ1) is 8.14. The molecule has 4 heteroatoms. The molecular weight excluding hydrogens is 232 g/mol. The quantitative estimate of drug-likeness (QED) is 0.689. The summed E-state index contributed by atoms with van der Waals surface area (Å²) in [4.78, 5) is 11.6. The lowest BCUT2D eigenvalue weighted by Crippen LogP contribution is -2.57. The van der Waals surface area contributed by atoms with Gasteiger partial charge < -0.3 is 11.1 Å². The number of likely N-dealkylation sites (N-methyl/N-ethyl adjacent to an activating group) is 1. The molecule has 0 aliphatic heterocycles. The first-order valence-electron chi connectivity index (χ1n) is 6.75. The first kappa shape index (κ1) is 14.8. The normalized spacial score (nSPS) is 29.2. The number of thioether (sulfide) groups is 1. The van der Waals surface area contributed by atoms with E-state index in [4.69, 9.17) is 5.73 Å². The number of nitrogens with one attached hydrogen (secondary N) is 1. The lowest BCUT2D eigenvalue weighted by molar-refractivity contribution is -0.125. The Bertz CT molecular complexity index is 248. The Kier molecular flexibility index (Phi) is 6.34. The van der Waals surface area contributed by atoms with Gasteiger partial charge in [-0.15, -0.1) is 0 Å². The molecule has 0 spiro atoms. The second-order valence-corrected chi connectivity index (χ2v) is 6.40. The molecule has 1 saturated carbocycles. The summed E-state index contributed by atoms with van der Waals surface area (Å²) in [6.45, 7) is 2.23. The molecule has 0 radical (unpaired) electrons. The van der Waals surface area contributed by atoms with Gasteiger partial charge in [-0.05, 0) is 44.9 Å². The number of primary amides is 1. The van der Waals surface area contributed by atoms with Gasteiger partial charge in [-0.25, -0.2) is 0 Å². The average Bonchev–Trinajstić information content (AvgIpc) is 2.34. The molecule has 1 fully saturated rings. The molecule has 0 aromatic carbocycles. The van der Waals surface area contributed by atoms with Crippen molar-refractivity contribution < 1.29 is 4.79 Å². The second kappa shape index (κ2) is 7.27. The van der Waals surface area contributed by atoms with Gasteiger partial charge in [0.05, 0.1) is 5.54 Å². The van der Waals surface area contributed by atoms with Crippen LogP contribution in [0, 0.1) is 0 Å². The zero-order valence-electron chi connectivity index (χ0n) is 11.1. The largest absolute Gasteiger partial charge is 0.368 e. The van der Waals surface area contributed by atoms with Gasteiger partial charge in [0.2, 0.25) is 5.91 Å². The molecular formula is C13H26N2OS. The minimum Gasteiger partial charge on any atom is -0.368 e. The Hall–Kier alpha value is -0.220. The van der Waals surface area contributed by atoms with Crippen LogP contribution in [0.15, 0.2) is 0 Å². The van der Waals surface area contributed by atoms with E-state index in [-0.39, 0.29) is 5.91 Å². The predicted molar refractivity (Wildman–Crippen MR) is 75.2 cm³/mol. The zero-order chi connectivity index (χ0) is 12.7. The van der Waals surface area contributed by atoms with Crippen molar-refractivity contribution in [2.45, 2.75) is 62.7 Å². The summed E-state index contributed by atoms with van der Waals surface area (Å²) in [6, 6.07) is 0. The zero-order valence-corrected chi connectivity index (χ0v) is 11.9. The van der Waals surface area contributed by atoms with Gasteiger partial charge in [0.25, 0.3) is 0 Å². The van der Waals surface area contributed by atoms with Crippen LogP contribution in [0.1, 0.15) is 51.9 Å². The van der Waals surface area contributed by atoms with Crippen LogP contribution in [-0.4, -0.2) is 29.5 Å². The Balaban J connectivity index is 2.40. The Morgan fingerprint density at radius 2 is 2.29 bits per heavy atom. The molecule has 1 amide bonds. The van der Waals surface area contributed by atoms with Gasteiger partial charge in [-0.3, -0.25) is 4.79 Å². The van der Waals surface area contributed by atoms with Crippen molar-refractivity contribution >= 4 is 17.7 Å². The summed E-state index contributed by atoms with van der Waals surface area (Å²) in [7, 11) is 1.86. The molecule has 100 valence electrons. The topological polar surface area (TPSA) is 55.1 Å². The summed E-state index contributed by atoms with van der Waals surface area (Å²) in [5, 5.41) is 3.76. The highest BCUT2D eigenvalue weighted by Crippen LogP contribution is 2.35. The molecule has 3 nitrogen and oxygen atoms in total. The van der Waals surface area contributed by atoms with Crippen molar-refractivity contribution in [3.63, 3.8) is 0 Å². The average molecular weight is 258 g/mol. The fourth-order valence-corrected chi connectivity index (χ4v) is 3.98. The molecule has 0 bridgehead atoms. The molecule has 0 heterocycles. The summed E-state index contributed by atoms with van der Waals surface area (Å²) >= 11 is 2.02. The Labute approximate surface area is 109 Å². The maximum absolute atomic E-state index is 11.6. The Morgan fingerprint density at radius 1 is 1.53 bits per heavy atom. The number of hydrogen-bond donors (Lipinski definition) is 2. The summed E-state index contributed by atoms with van der Waals surface area (Å²) in [6.07, 6.45) is 8.00. The molecule has 0 saturated heterocycles. The van der Waals surface area contributed by atoms with Crippen LogP contribution in [0.25, 0.3) is 0 Å². The highest BCUT2D eigenvalue weighted by atomic mass is 32.2. The van der Waals surface area contributed by atoms with E-state index in [1.165, 1.54) is 31.4 Å². The highest BCUT2D eigenvalue weighted by molar-refractivity contribution is 7.99. The first-order valence-corrected chi connectivity index (χ1v) is 7.80. The number of hydrogen-bond acceptors (Lipinski definition) is 3. The van der Waals surface area contributed by atoms with E-state index >= 15 is 0 Å². The summed E-state index contributed by atoms with van der Waals surface area (Å²) in [5.41, 5.74) is 5.10. The van der Waals surface area contributed by atoms with Crippen LogP contribution in [-0.2, 0) is 4.79 Å². The molecule has 1 rings (SSSR count). The van der Waals surface area contributed by atoms with Crippen LogP contribution in [0.3, 0.4) is 0 Å². The van der Waals surface area contributed by atoms with Crippen LogP contribution in [0.5, 0.6) is 0 Å². The van der Waals surface area contributed by atoms with Gasteiger partial charge in [-0.1, -0.05) is 19.8 Å². The smallest absolute Gasteiger partial charge is 0.237 e. The molecule has 17 heavy (non-hydrogen) atoms. The van der Waals surface area contributed by atoms with Gasteiger partial charge in [0, 0.05) is 5.25 Å². The minimum atomic E-state index is -0.444. The van der Waals surface area contributed by atoms with Gasteiger partial charge in [0.1, 0.15) is 0 Å². The minimum absolute atomic E-state index is 0.182. The molecule has 3 N–H and O–H groups in total. The van der Waals surface area contributed by atoms with E-state index in [1.54, 1.807) is 0 Å². The number of carbonyl (C=O) groups excluding carboxylic acids is 1.